The number of ketones is 1. The van der Waals surface area contributed by atoms with Crippen LogP contribution in [0.3, 0.4) is 0 Å². The Morgan fingerprint density at radius 3 is 2.33 bits per heavy atom. The molecule has 0 aliphatic rings. The largest absolute Gasteiger partial charge is 0.356 e. The molecule has 4 nitrogen and oxygen atoms in total. The minimum absolute atomic E-state index is 0.0105. The minimum atomic E-state index is -0.408. The molecule has 0 aromatic rings. The molecule has 0 N–H and O–H groups in total. The maximum atomic E-state index is 10.7. The predicted octanol–water partition coefficient (Wildman–Crippen LogP) is 0.947. The molecule has 72 valence electrons. The number of Topliss-reactive ketones (excluding diaryl/α,β-unsaturated/α-hetero) is 1. The van der Waals surface area contributed by atoms with Gasteiger partial charge in [-0.3, -0.25) is 4.79 Å². The first-order chi connectivity index (χ1) is 5.57. The standard InChI is InChI=1S/C8H16O4/c1-6(9)7(2)11-5-12-8(3)10-4/h7-8H,5H2,1-4H3. The first-order valence-electron chi connectivity index (χ1n) is 3.84. The topological polar surface area (TPSA) is 44.8 Å². The zero-order chi connectivity index (χ0) is 9.56. The second-order valence-corrected chi connectivity index (χ2v) is 2.51. The Kier molecular flexibility index (Phi) is 5.88. The van der Waals surface area contributed by atoms with Crippen LogP contribution < -0.4 is 0 Å². The lowest BCUT2D eigenvalue weighted by Crippen LogP contribution is -2.21. The van der Waals surface area contributed by atoms with Gasteiger partial charge in [0.15, 0.2) is 18.9 Å². The van der Waals surface area contributed by atoms with Gasteiger partial charge in [-0.1, -0.05) is 0 Å². The zero-order valence-electron chi connectivity index (χ0n) is 7.99. The lowest BCUT2D eigenvalue weighted by atomic mass is 10.3. The Morgan fingerprint density at radius 1 is 1.33 bits per heavy atom. The summed E-state index contributed by atoms with van der Waals surface area (Å²) in [5.41, 5.74) is 0. The highest BCUT2D eigenvalue weighted by Gasteiger charge is 2.07. The van der Waals surface area contributed by atoms with E-state index in [4.69, 9.17) is 14.2 Å². The Morgan fingerprint density at radius 2 is 1.92 bits per heavy atom. The summed E-state index contributed by atoms with van der Waals surface area (Å²) in [7, 11) is 1.54. The van der Waals surface area contributed by atoms with Gasteiger partial charge in [-0.15, -0.1) is 0 Å². The third-order valence-electron chi connectivity index (χ3n) is 1.53. The highest BCUT2D eigenvalue weighted by molar-refractivity contribution is 5.79. The molecular weight excluding hydrogens is 160 g/mol. The van der Waals surface area contributed by atoms with Crippen molar-refractivity contribution in [3.63, 3.8) is 0 Å². The fraction of sp³-hybridized carbons (Fsp3) is 0.875. The van der Waals surface area contributed by atoms with Crippen molar-refractivity contribution >= 4 is 5.78 Å². The second kappa shape index (κ2) is 6.11. The number of ether oxygens (including phenoxy) is 3. The highest BCUT2D eigenvalue weighted by Crippen LogP contribution is 1.95. The number of rotatable bonds is 6. The summed E-state index contributed by atoms with van der Waals surface area (Å²) in [6.45, 7) is 4.99. The van der Waals surface area contributed by atoms with Gasteiger partial charge in [0.05, 0.1) is 0 Å². The van der Waals surface area contributed by atoms with Crippen LogP contribution in [0, 0.1) is 0 Å². The van der Waals surface area contributed by atoms with Gasteiger partial charge in [-0.2, -0.15) is 0 Å². The number of hydrogen-bond donors (Lipinski definition) is 0. The molecule has 0 amide bonds. The van der Waals surface area contributed by atoms with E-state index in [1.165, 1.54) is 6.92 Å². The molecule has 0 saturated carbocycles. The highest BCUT2D eigenvalue weighted by atomic mass is 16.7. The summed E-state index contributed by atoms with van der Waals surface area (Å²) >= 11 is 0. The number of carbonyl (C=O) groups excluding carboxylic acids is 1. The molecule has 2 unspecified atom stereocenters. The monoisotopic (exact) mass is 176 g/mol. The SMILES string of the molecule is COC(C)OCOC(C)C(C)=O. The van der Waals surface area contributed by atoms with Gasteiger partial charge in [0.25, 0.3) is 0 Å². The molecule has 4 heteroatoms. The van der Waals surface area contributed by atoms with Crippen molar-refractivity contribution in [3.05, 3.63) is 0 Å². The summed E-state index contributed by atoms with van der Waals surface area (Å²) in [4.78, 5) is 10.7. The fourth-order valence-corrected chi connectivity index (χ4v) is 0.423. The average molecular weight is 176 g/mol. The molecule has 0 aromatic carbocycles. The molecule has 0 bridgehead atoms. The van der Waals surface area contributed by atoms with Crippen molar-refractivity contribution < 1.29 is 19.0 Å². The zero-order valence-corrected chi connectivity index (χ0v) is 7.99. The molecule has 0 heterocycles. The van der Waals surface area contributed by atoms with E-state index in [0.717, 1.165) is 0 Å². The molecule has 0 aromatic heterocycles. The lowest BCUT2D eigenvalue weighted by Gasteiger charge is -2.13. The van der Waals surface area contributed by atoms with Gasteiger partial charge in [0.1, 0.15) is 6.10 Å². The maximum Gasteiger partial charge on any atom is 0.158 e. The fourth-order valence-electron chi connectivity index (χ4n) is 0.423. The van der Waals surface area contributed by atoms with Gasteiger partial charge in [0.2, 0.25) is 0 Å². The van der Waals surface area contributed by atoms with Gasteiger partial charge in [-0.25, -0.2) is 0 Å². The smallest absolute Gasteiger partial charge is 0.158 e. The third-order valence-corrected chi connectivity index (χ3v) is 1.53. The average Bonchev–Trinajstić information content (AvgIpc) is 2.03. The van der Waals surface area contributed by atoms with E-state index < -0.39 is 6.10 Å². The van der Waals surface area contributed by atoms with Crippen LogP contribution in [0.2, 0.25) is 0 Å². The van der Waals surface area contributed by atoms with Crippen molar-refractivity contribution in [1.29, 1.82) is 0 Å². The Balaban J connectivity index is 3.37. The molecule has 0 radical (unpaired) electrons. The van der Waals surface area contributed by atoms with E-state index in [1.807, 2.05) is 0 Å². The van der Waals surface area contributed by atoms with E-state index in [0.29, 0.717) is 0 Å². The van der Waals surface area contributed by atoms with Crippen molar-refractivity contribution in [3.8, 4) is 0 Å². The van der Waals surface area contributed by atoms with Gasteiger partial charge < -0.3 is 14.2 Å². The van der Waals surface area contributed by atoms with Crippen LogP contribution in [-0.2, 0) is 19.0 Å². The summed E-state index contributed by atoms with van der Waals surface area (Å²) in [6, 6.07) is 0. The normalized spacial score (nSPS) is 15.7. The second-order valence-electron chi connectivity index (χ2n) is 2.51. The summed E-state index contributed by atoms with van der Waals surface area (Å²) in [6.07, 6.45) is -0.710. The van der Waals surface area contributed by atoms with Crippen LogP contribution in [0.4, 0.5) is 0 Å². The van der Waals surface area contributed by atoms with Gasteiger partial charge >= 0.3 is 0 Å². The minimum Gasteiger partial charge on any atom is -0.356 e. The molecule has 12 heavy (non-hydrogen) atoms. The summed E-state index contributed by atoms with van der Waals surface area (Å²) in [5.74, 6) is -0.0105. The van der Waals surface area contributed by atoms with E-state index in [-0.39, 0.29) is 18.9 Å². The lowest BCUT2D eigenvalue weighted by molar-refractivity contribution is -0.187. The van der Waals surface area contributed by atoms with E-state index >= 15 is 0 Å². The summed E-state index contributed by atoms with van der Waals surface area (Å²) in [5, 5.41) is 0. The van der Waals surface area contributed by atoms with E-state index in [1.54, 1.807) is 21.0 Å². The molecule has 0 rings (SSSR count). The summed E-state index contributed by atoms with van der Waals surface area (Å²) < 4.78 is 14.8. The van der Waals surface area contributed by atoms with Crippen LogP contribution in [0.1, 0.15) is 20.8 Å². The van der Waals surface area contributed by atoms with Crippen molar-refractivity contribution in [2.45, 2.75) is 33.2 Å². The number of hydrogen-bond acceptors (Lipinski definition) is 4. The van der Waals surface area contributed by atoms with Crippen LogP contribution >= 0.6 is 0 Å². The van der Waals surface area contributed by atoms with E-state index in [9.17, 15) is 4.79 Å². The first kappa shape index (κ1) is 11.6. The molecule has 0 saturated heterocycles. The van der Waals surface area contributed by atoms with Gasteiger partial charge in [-0.05, 0) is 20.8 Å². The Bertz CT molecular complexity index is 135. The molecule has 2 atom stereocenters. The number of methoxy groups -OCH3 is 1. The Hall–Kier alpha value is -0.450. The number of carbonyl (C=O) groups is 1. The van der Waals surface area contributed by atoms with E-state index in [2.05, 4.69) is 0 Å². The van der Waals surface area contributed by atoms with Crippen molar-refractivity contribution in [1.82, 2.24) is 0 Å². The quantitative estimate of drug-likeness (QED) is 0.565. The molecule has 0 aliphatic heterocycles. The van der Waals surface area contributed by atoms with Gasteiger partial charge in [0, 0.05) is 7.11 Å². The first-order valence-corrected chi connectivity index (χ1v) is 3.84. The van der Waals surface area contributed by atoms with Crippen molar-refractivity contribution in [2.75, 3.05) is 13.9 Å². The maximum absolute atomic E-state index is 10.7. The van der Waals surface area contributed by atoms with Crippen LogP contribution in [0.25, 0.3) is 0 Å². The molecule has 0 spiro atoms. The molecular formula is C8H16O4. The Labute approximate surface area is 72.8 Å². The molecule has 0 aliphatic carbocycles. The predicted molar refractivity (Wildman–Crippen MR) is 43.7 cm³/mol. The third kappa shape index (κ3) is 5.23. The van der Waals surface area contributed by atoms with Crippen molar-refractivity contribution in [2.24, 2.45) is 0 Å². The van der Waals surface area contributed by atoms with Crippen LogP contribution in [0.5, 0.6) is 0 Å². The van der Waals surface area contributed by atoms with Crippen LogP contribution in [-0.4, -0.2) is 32.1 Å². The molecule has 0 fully saturated rings. The van der Waals surface area contributed by atoms with Crippen LogP contribution in [0.15, 0.2) is 0 Å².